The fourth-order valence-corrected chi connectivity index (χ4v) is 4.18. The second kappa shape index (κ2) is 8.24. The number of amides is 1. The van der Waals surface area contributed by atoms with Crippen LogP contribution in [0.1, 0.15) is 26.2 Å². The van der Waals surface area contributed by atoms with Crippen LogP contribution < -0.4 is 24.8 Å². The Morgan fingerprint density at radius 3 is 2.62 bits per heavy atom. The van der Waals surface area contributed by atoms with Gasteiger partial charge in [-0.3, -0.25) is 4.79 Å². The largest absolute Gasteiger partial charge is 0.490 e. The van der Waals surface area contributed by atoms with Crippen molar-refractivity contribution < 1.29 is 22.7 Å². The van der Waals surface area contributed by atoms with E-state index in [9.17, 15) is 13.2 Å². The highest BCUT2D eigenvalue weighted by atomic mass is 32.2. The molecular formula is C17H25N3O5S. The van der Waals surface area contributed by atoms with Gasteiger partial charge in [0.05, 0.1) is 24.2 Å². The molecule has 1 atom stereocenters. The molecule has 0 saturated carbocycles. The number of rotatable bonds is 5. The zero-order valence-electron chi connectivity index (χ0n) is 14.8. The summed E-state index contributed by atoms with van der Waals surface area (Å²) in [5, 5.41) is 6.12. The molecule has 1 fully saturated rings. The summed E-state index contributed by atoms with van der Waals surface area (Å²) in [6.07, 6.45) is 2.42. The maximum absolute atomic E-state index is 12.6. The molecule has 1 saturated heterocycles. The minimum atomic E-state index is -3.85. The van der Waals surface area contributed by atoms with Gasteiger partial charge in [-0.15, -0.1) is 0 Å². The number of ether oxygens (including phenoxy) is 2. The average Bonchev–Trinajstić information content (AvgIpc) is 2.87. The average molecular weight is 383 g/mol. The minimum absolute atomic E-state index is 0.0447. The van der Waals surface area contributed by atoms with E-state index in [1.54, 1.807) is 6.07 Å². The van der Waals surface area contributed by atoms with Gasteiger partial charge >= 0.3 is 0 Å². The van der Waals surface area contributed by atoms with Crippen molar-refractivity contribution >= 4 is 15.9 Å². The van der Waals surface area contributed by atoms with E-state index in [1.165, 1.54) is 19.1 Å². The molecule has 1 aromatic carbocycles. The van der Waals surface area contributed by atoms with Gasteiger partial charge in [-0.2, -0.15) is 4.72 Å². The van der Waals surface area contributed by atoms with Crippen LogP contribution in [-0.4, -0.2) is 52.7 Å². The van der Waals surface area contributed by atoms with E-state index >= 15 is 0 Å². The molecule has 3 rings (SSSR count). The molecule has 3 N–H and O–H groups in total. The molecule has 0 radical (unpaired) electrons. The van der Waals surface area contributed by atoms with Crippen LogP contribution in [0.15, 0.2) is 23.1 Å². The van der Waals surface area contributed by atoms with Crippen molar-refractivity contribution in [3.8, 4) is 11.5 Å². The lowest BCUT2D eigenvalue weighted by Gasteiger charge is -2.25. The molecule has 9 heteroatoms. The molecule has 26 heavy (non-hydrogen) atoms. The van der Waals surface area contributed by atoms with Crippen LogP contribution >= 0.6 is 0 Å². The van der Waals surface area contributed by atoms with Crippen LogP contribution in [0.3, 0.4) is 0 Å². The molecular weight excluding hydrogens is 358 g/mol. The summed E-state index contributed by atoms with van der Waals surface area (Å²) in [4.78, 5) is 12.3. The smallest absolute Gasteiger partial charge is 0.241 e. The molecule has 2 aliphatic heterocycles. The lowest BCUT2D eigenvalue weighted by atomic mass is 10.1. The lowest BCUT2D eigenvalue weighted by molar-refractivity contribution is -0.123. The zero-order chi connectivity index (χ0) is 18.6. The number of hydrogen-bond donors (Lipinski definition) is 3. The normalized spacial score (nSPS) is 19.4. The van der Waals surface area contributed by atoms with Crippen LogP contribution in [0.25, 0.3) is 0 Å². The molecule has 2 heterocycles. The summed E-state index contributed by atoms with van der Waals surface area (Å²) in [5.74, 6) is 0.602. The third-order valence-corrected chi connectivity index (χ3v) is 5.98. The number of fused-ring (bicyclic) bond motifs is 1. The lowest BCUT2D eigenvalue weighted by Crippen LogP contribution is -2.50. The van der Waals surface area contributed by atoms with Crippen molar-refractivity contribution in [3.05, 3.63) is 18.2 Å². The number of carbonyl (C=O) groups is 1. The Bertz CT molecular complexity index is 747. The maximum Gasteiger partial charge on any atom is 0.241 e. The summed E-state index contributed by atoms with van der Waals surface area (Å²) in [5.41, 5.74) is 0. The van der Waals surface area contributed by atoms with Gasteiger partial charge in [0.2, 0.25) is 15.9 Å². The first kappa shape index (κ1) is 18.9. The van der Waals surface area contributed by atoms with Crippen LogP contribution in [0.5, 0.6) is 11.5 Å². The standard InChI is InChI=1S/C17H25N3O5S/c1-12(17(21)19-13-5-7-18-8-6-13)20-26(22,23)14-3-4-15-16(11-14)25-10-2-9-24-15/h3-4,11-13,18,20H,2,5-10H2,1H3,(H,19,21). The fourth-order valence-electron chi connectivity index (χ4n) is 2.96. The van der Waals surface area contributed by atoms with Crippen molar-refractivity contribution in [2.45, 2.75) is 43.2 Å². The van der Waals surface area contributed by atoms with Gasteiger partial charge in [0, 0.05) is 18.5 Å². The highest BCUT2D eigenvalue weighted by molar-refractivity contribution is 7.89. The monoisotopic (exact) mass is 383 g/mol. The van der Waals surface area contributed by atoms with E-state index in [-0.39, 0.29) is 16.8 Å². The third-order valence-electron chi connectivity index (χ3n) is 4.44. The quantitative estimate of drug-likeness (QED) is 0.679. The minimum Gasteiger partial charge on any atom is -0.490 e. The van der Waals surface area contributed by atoms with Crippen LogP contribution in [0, 0.1) is 0 Å². The first-order valence-electron chi connectivity index (χ1n) is 8.89. The van der Waals surface area contributed by atoms with Crippen molar-refractivity contribution in [2.75, 3.05) is 26.3 Å². The third kappa shape index (κ3) is 4.66. The highest BCUT2D eigenvalue weighted by Crippen LogP contribution is 2.31. The second-order valence-corrected chi connectivity index (χ2v) is 8.25. The highest BCUT2D eigenvalue weighted by Gasteiger charge is 2.25. The molecule has 8 nitrogen and oxygen atoms in total. The second-order valence-electron chi connectivity index (χ2n) is 6.53. The Morgan fingerprint density at radius 1 is 1.19 bits per heavy atom. The van der Waals surface area contributed by atoms with E-state index in [0.717, 1.165) is 32.4 Å². The molecule has 1 aromatic rings. The Morgan fingerprint density at radius 2 is 1.88 bits per heavy atom. The fraction of sp³-hybridized carbons (Fsp3) is 0.588. The molecule has 0 aliphatic carbocycles. The van der Waals surface area contributed by atoms with Crippen LogP contribution in [0.2, 0.25) is 0 Å². The Labute approximate surface area is 153 Å². The topological polar surface area (TPSA) is 106 Å². The first-order valence-corrected chi connectivity index (χ1v) is 10.4. The number of benzene rings is 1. The Hall–Kier alpha value is -1.84. The summed E-state index contributed by atoms with van der Waals surface area (Å²) >= 11 is 0. The SMILES string of the molecule is CC(NS(=O)(=O)c1ccc2c(c1)OCCCO2)C(=O)NC1CCNCC1. The molecule has 2 aliphatic rings. The predicted octanol–water partition coefficient (Wildman–Crippen LogP) is 0.383. The molecule has 0 aromatic heterocycles. The van der Waals surface area contributed by atoms with E-state index < -0.39 is 16.1 Å². The molecule has 1 unspecified atom stereocenters. The van der Waals surface area contributed by atoms with E-state index in [2.05, 4.69) is 15.4 Å². The van der Waals surface area contributed by atoms with E-state index in [1.807, 2.05) is 0 Å². The van der Waals surface area contributed by atoms with Crippen LogP contribution in [-0.2, 0) is 14.8 Å². The van der Waals surface area contributed by atoms with E-state index in [0.29, 0.717) is 24.7 Å². The van der Waals surface area contributed by atoms with Crippen molar-refractivity contribution in [1.82, 2.24) is 15.4 Å². The van der Waals surface area contributed by atoms with Gasteiger partial charge < -0.3 is 20.1 Å². The predicted molar refractivity (Wildman–Crippen MR) is 95.9 cm³/mol. The van der Waals surface area contributed by atoms with Gasteiger partial charge in [0.15, 0.2) is 11.5 Å². The van der Waals surface area contributed by atoms with Gasteiger partial charge in [-0.1, -0.05) is 0 Å². The molecule has 1 amide bonds. The number of hydrogen-bond acceptors (Lipinski definition) is 6. The van der Waals surface area contributed by atoms with Crippen molar-refractivity contribution in [2.24, 2.45) is 0 Å². The zero-order valence-corrected chi connectivity index (χ0v) is 15.6. The molecule has 144 valence electrons. The number of carbonyl (C=O) groups excluding carboxylic acids is 1. The van der Waals surface area contributed by atoms with Crippen molar-refractivity contribution in [3.63, 3.8) is 0 Å². The van der Waals surface area contributed by atoms with Gasteiger partial charge in [0.25, 0.3) is 0 Å². The Balaban J connectivity index is 1.65. The number of sulfonamides is 1. The number of nitrogens with one attached hydrogen (secondary N) is 3. The van der Waals surface area contributed by atoms with Gasteiger partial charge in [-0.25, -0.2) is 8.42 Å². The first-order chi connectivity index (χ1) is 12.5. The molecule has 0 spiro atoms. The van der Waals surface area contributed by atoms with Crippen molar-refractivity contribution in [1.29, 1.82) is 0 Å². The summed E-state index contributed by atoms with van der Waals surface area (Å²) in [7, 11) is -3.85. The summed E-state index contributed by atoms with van der Waals surface area (Å²) < 4.78 is 38.7. The summed E-state index contributed by atoms with van der Waals surface area (Å²) in [6.45, 7) is 4.24. The van der Waals surface area contributed by atoms with E-state index in [4.69, 9.17) is 9.47 Å². The molecule has 0 bridgehead atoms. The Kier molecular flexibility index (Phi) is 6.00. The maximum atomic E-state index is 12.6. The van der Waals surface area contributed by atoms with Gasteiger partial charge in [0.1, 0.15) is 0 Å². The summed E-state index contributed by atoms with van der Waals surface area (Å²) in [6, 6.07) is 3.67. The van der Waals surface area contributed by atoms with Gasteiger partial charge in [-0.05, 0) is 45.0 Å². The number of piperidine rings is 1. The van der Waals surface area contributed by atoms with Crippen LogP contribution in [0.4, 0.5) is 0 Å².